The van der Waals surface area contributed by atoms with Crippen molar-refractivity contribution in [1.29, 1.82) is 0 Å². The third-order valence-electron chi connectivity index (χ3n) is 1.84. The number of hydrogen-bond donors (Lipinski definition) is 2. The molecule has 0 aromatic heterocycles. The topological polar surface area (TPSA) is 106 Å². The van der Waals surface area contributed by atoms with Crippen LogP contribution in [0.1, 0.15) is 13.8 Å². The molecule has 0 aliphatic heterocycles. The van der Waals surface area contributed by atoms with Crippen LogP contribution in [0.3, 0.4) is 0 Å². The second kappa shape index (κ2) is 4.73. The van der Waals surface area contributed by atoms with Crippen molar-refractivity contribution in [3.63, 3.8) is 0 Å². The van der Waals surface area contributed by atoms with Crippen LogP contribution in [0.25, 0.3) is 0 Å². The fraction of sp³-hybridized carbons (Fsp3) is 0.333. The molecule has 6 nitrogen and oxygen atoms in total. The second-order valence-corrected chi connectivity index (χ2v) is 7.07. The molecule has 0 atom stereocenters. The molecular formula is C9H14N2O4S2. The zero-order valence-electron chi connectivity index (χ0n) is 9.41. The first-order chi connectivity index (χ1) is 7.63. The lowest BCUT2D eigenvalue weighted by molar-refractivity contribution is 0.569. The first-order valence-electron chi connectivity index (χ1n) is 4.78. The van der Waals surface area contributed by atoms with E-state index in [9.17, 15) is 16.8 Å². The molecule has 1 aromatic carbocycles. The van der Waals surface area contributed by atoms with Crippen LogP contribution in [0, 0.1) is 0 Å². The smallest absolute Gasteiger partial charge is 0.225 e. The molecule has 1 aromatic rings. The van der Waals surface area contributed by atoms with Crippen molar-refractivity contribution < 1.29 is 16.8 Å². The number of sulfonamides is 2. The van der Waals surface area contributed by atoms with Gasteiger partial charge in [-0.3, -0.25) is 0 Å². The lowest BCUT2D eigenvalue weighted by atomic mass is 10.4. The van der Waals surface area contributed by atoms with Crippen LogP contribution in [-0.4, -0.2) is 22.9 Å². The zero-order valence-corrected chi connectivity index (χ0v) is 11.0. The van der Waals surface area contributed by atoms with E-state index in [1.54, 1.807) is 13.8 Å². The van der Waals surface area contributed by atoms with E-state index in [0.29, 0.717) is 0 Å². The Morgan fingerprint density at radius 2 is 1.65 bits per heavy atom. The fourth-order valence-electron chi connectivity index (χ4n) is 1.20. The predicted molar refractivity (Wildman–Crippen MR) is 63.3 cm³/mol. The minimum absolute atomic E-state index is 0.127. The molecule has 0 heterocycles. The molecule has 0 aliphatic rings. The third kappa shape index (κ3) is 3.77. The molecule has 0 saturated carbocycles. The number of nitrogens with two attached hydrogens (primary N) is 1. The largest absolute Gasteiger partial charge is 0.240 e. The molecule has 0 fully saturated rings. The summed E-state index contributed by atoms with van der Waals surface area (Å²) in [6, 6.07) is 4.62. The maximum atomic E-state index is 11.8. The third-order valence-corrected chi connectivity index (χ3v) is 4.40. The van der Waals surface area contributed by atoms with Gasteiger partial charge in [0.05, 0.1) is 9.79 Å². The van der Waals surface area contributed by atoms with Crippen molar-refractivity contribution in [1.82, 2.24) is 4.72 Å². The molecule has 0 saturated heterocycles. The van der Waals surface area contributed by atoms with E-state index in [4.69, 9.17) is 5.14 Å². The molecule has 8 heteroatoms. The summed E-state index contributed by atoms with van der Waals surface area (Å²) < 4.78 is 48.1. The molecule has 96 valence electrons. The highest BCUT2D eigenvalue weighted by atomic mass is 32.2. The summed E-state index contributed by atoms with van der Waals surface area (Å²) in [4.78, 5) is -0.359. The van der Waals surface area contributed by atoms with Crippen molar-refractivity contribution >= 4 is 20.0 Å². The van der Waals surface area contributed by atoms with Crippen LogP contribution in [0.2, 0.25) is 0 Å². The van der Waals surface area contributed by atoms with E-state index in [1.165, 1.54) is 18.2 Å². The van der Waals surface area contributed by atoms with Crippen LogP contribution in [0.5, 0.6) is 0 Å². The standard InChI is InChI=1S/C9H14N2O4S2/c1-7(2)11-17(14,15)9-5-3-4-8(6-9)16(10,12)13/h3-7,11H,1-2H3,(H2,10,12,13). The number of hydrogen-bond acceptors (Lipinski definition) is 4. The molecule has 17 heavy (non-hydrogen) atoms. The fourth-order valence-corrected chi connectivity index (χ4v) is 3.13. The lowest BCUT2D eigenvalue weighted by Crippen LogP contribution is -2.30. The quantitative estimate of drug-likeness (QED) is 0.809. The maximum absolute atomic E-state index is 11.8. The minimum Gasteiger partial charge on any atom is -0.225 e. The van der Waals surface area contributed by atoms with E-state index in [1.807, 2.05) is 0 Å². The summed E-state index contributed by atoms with van der Waals surface area (Å²) in [7, 11) is -7.62. The van der Waals surface area contributed by atoms with Gasteiger partial charge in [-0.15, -0.1) is 0 Å². The molecule has 0 amide bonds. The first kappa shape index (κ1) is 14.1. The minimum atomic E-state index is -3.91. The van der Waals surface area contributed by atoms with E-state index in [-0.39, 0.29) is 15.8 Å². The lowest BCUT2D eigenvalue weighted by Gasteiger charge is -2.10. The Balaban J connectivity index is 3.26. The summed E-state index contributed by atoms with van der Waals surface area (Å²) in [5.74, 6) is 0. The summed E-state index contributed by atoms with van der Waals surface area (Å²) >= 11 is 0. The van der Waals surface area contributed by atoms with Gasteiger partial charge in [0.25, 0.3) is 0 Å². The molecule has 0 radical (unpaired) electrons. The molecule has 3 N–H and O–H groups in total. The molecule has 1 rings (SSSR count). The van der Waals surface area contributed by atoms with Crippen molar-refractivity contribution in [3.8, 4) is 0 Å². The van der Waals surface area contributed by atoms with Gasteiger partial charge < -0.3 is 0 Å². The van der Waals surface area contributed by atoms with E-state index >= 15 is 0 Å². The van der Waals surface area contributed by atoms with Gasteiger partial charge in [-0.25, -0.2) is 26.7 Å². The van der Waals surface area contributed by atoms with Crippen LogP contribution >= 0.6 is 0 Å². The average molecular weight is 278 g/mol. The number of benzene rings is 1. The van der Waals surface area contributed by atoms with Crippen LogP contribution in [-0.2, 0) is 20.0 Å². The Morgan fingerprint density at radius 3 is 2.12 bits per heavy atom. The number of nitrogens with one attached hydrogen (secondary N) is 1. The van der Waals surface area contributed by atoms with Gasteiger partial charge in [0.15, 0.2) is 0 Å². The van der Waals surface area contributed by atoms with Crippen molar-refractivity contribution in [3.05, 3.63) is 24.3 Å². The van der Waals surface area contributed by atoms with Gasteiger partial charge in [0.1, 0.15) is 0 Å². The average Bonchev–Trinajstić information content (AvgIpc) is 2.14. The van der Waals surface area contributed by atoms with Crippen LogP contribution in [0.4, 0.5) is 0 Å². The molecule has 0 bridgehead atoms. The Morgan fingerprint density at radius 1 is 1.12 bits per heavy atom. The van der Waals surface area contributed by atoms with E-state index < -0.39 is 20.0 Å². The van der Waals surface area contributed by atoms with Gasteiger partial charge in [0, 0.05) is 6.04 Å². The monoisotopic (exact) mass is 278 g/mol. The summed E-state index contributed by atoms with van der Waals surface area (Å²) in [5.41, 5.74) is 0. The Labute approximate surface area is 101 Å². The van der Waals surface area contributed by atoms with Gasteiger partial charge in [-0.05, 0) is 32.0 Å². The van der Waals surface area contributed by atoms with Crippen molar-refractivity contribution in [2.24, 2.45) is 5.14 Å². The van der Waals surface area contributed by atoms with Gasteiger partial charge in [0.2, 0.25) is 20.0 Å². The second-order valence-electron chi connectivity index (χ2n) is 3.80. The highest BCUT2D eigenvalue weighted by Gasteiger charge is 2.17. The highest BCUT2D eigenvalue weighted by molar-refractivity contribution is 7.90. The van der Waals surface area contributed by atoms with Crippen molar-refractivity contribution in [2.75, 3.05) is 0 Å². The van der Waals surface area contributed by atoms with E-state index in [2.05, 4.69) is 4.72 Å². The van der Waals surface area contributed by atoms with Crippen LogP contribution in [0.15, 0.2) is 34.1 Å². The number of rotatable bonds is 4. The molecule has 0 unspecified atom stereocenters. The SMILES string of the molecule is CC(C)NS(=O)(=O)c1cccc(S(N)(=O)=O)c1. The summed E-state index contributed by atoms with van der Waals surface area (Å²) in [6.45, 7) is 3.34. The Hall–Kier alpha value is -0.960. The first-order valence-corrected chi connectivity index (χ1v) is 7.81. The highest BCUT2D eigenvalue weighted by Crippen LogP contribution is 2.14. The van der Waals surface area contributed by atoms with Crippen LogP contribution < -0.4 is 9.86 Å². The zero-order chi connectivity index (χ0) is 13.3. The van der Waals surface area contributed by atoms with Gasteiger partial charge in [-0.2, -0.15) is 0 Å². The molecule has 0 spiro atoms. The van der Waals surface area contributed by atoms with E-state index in [0.717, 1.165) is 6.07 Å². The maximum Gasteiger partial charge on any atom is 0.240 e. The van der Waals surface area contributed by atoms with Gasteiger partial charge >= 0.3 is 0 Å². The summed E-state index contributed by atoms with van der Waals surface area (Å²) in [5, 5.41) is 4.93. The Kier molecular flexibility index (Phi) is 3.92. The number of primary sulfonamides is 1. The summed E-state index contributed by atoms with van der Waals surface area (Å²) in [6.07, 6.45) is 0. The van der Waals surface area contributed by atoms with Crippen molar-refractivity contribution in [2.45, 2.75) is 29.7 Å². The normalized spacial score (nSPS) is 12.9. The van der Waals surface area contributed by atoms with Gasteiger partial charge in [-0.1, -0.05) is 6.07 Å². The molecular weight excluding hydrogens is 264 g/mol. The predicted octanol–water partition coefficient (Wildman–Crippen LogP) is 0.0207. The molecule has 0 aliphatic carbocycles. The Bertz CT molecular complexity index is 606.